The molecule has 92 valence electrons. The van der Waals surface area contributed by atoms with Crippen molar-refractivity contribution in [2.75, 3.05) is 12.3 Å². The summed E-state index contributed by atoms with van der Waals surface area (Å²) in [5, 5.41) is 5.93. The van der Waals surface area contributed by atoms with Crippen LogP contribution in [-0.4, -0.2) is 35.1 Å². The zero-order valence-corrected chi connectivity index (χ0v) is 9.66. The Morgan fingerprint density at radius 3 is 2.88 bits per heavy atom. The number of nitrogens with one attached hydrogen (secondary N) is 3. The van der Waals surface area contributed by atoms with E-state index in [-0.39, 0.29) is 17.3 Å². The van der Waals surface area contributed by atoms with Crippen LogP contribution in [0.25, 0.3) is 0 Å². The molecule has 0 atom stereocenters. The van der Waals surface area contributed by atoms with E-state index in [4.69, 9.17) is 5.73 Å². The van der Waals surface area contributed by atoms with Gasteiger partial charge in [-0.05, 0) is 0 Å². The zero-order chi connectivity index (χ0) is 12.3. The molecule has 0 fully saturated rings. The van der Waals surface area contributed by atoms with E-state index in [0.29, 0.717) is 12.2 Å². The van der Waals surface area contributed by atoms with Crippen molar-refractivity contribution < 1.29 is 8.42 Å². The van der Waals surface area contributed by atoms with Crippen molar-refractivity contribution in [2.45, 2.75) is 11.3 Å². The maximum absolute atomic E-state index is 11.8. The highest BCUT2D eigenvalue weighted by Crippen LogP contribution is 2.13. The Kier molecular flexibility index (Phi) is 3.11. The minimum absolute atomic E-state index is 0.0236. The summed E-state index contributed by atoms with van der Waals surface area (Å²) in [6.45, 7) is 0.237. The topological polar surface area (TPSA) is 130 Å². The van der Waals surface area contributed by atoms with E-state index < -0.39 is 10.0 Å². The summed E-state index contributed by atoms with van der Waals surface area (Å²) >= 11 is 0. The fraction of sp³-hybridized carbons (Fsp3) is 0.250. The monoisotopic (exact) mass is 256 g/mol. The van der Waals surface area contributed by atoms with Gasteiger partial charge in [0.1, 0.15) is 16.5 Å². The average molecular weight is 256 g/mol. The van der Waals surface area contributed by atoms with Gasteiger partial charge in [-0.1, -0.05) is 0 Å². The third-order valence-corrected chi connectivity index (χ3v) is 3.62. The van der Waals surface area contributed by atoms with Crippen LogP contribution >= 0.6 is 0 Å². The number of imidazole rings is 1. The number of aromatic amines is 2. The number of hydrogen-bond acceptors (Lipinski definition) is 5. The van der Waals surface area contributed by atoms with Crippen LogP contribution in [0.2, 0.25) is 0 Å². The molecule has 17 heavy (non-hydrogen) atoms. The first-order chi connectivity index (χ1) is 8.09. The minimum Gasteiger partial charge on any atom is -0.383 e. The summed E-state index contributed by atoms with van der Waals surface area (Å²) in [6.07, 6.45) is 4.93. The molecule has 0 saturated heterocycles. The molecule has 2 heterocycles. The van der Waals surface area contributed by atoms with Gasteiger partial charge in [0.15, 0.2) is 0 Å². The molecule has 0 aliphatic heterocycles. The van der Waals surface area contributed by atoms with Crippen LogP contribution in [-0.2, 0) is 16.4 Å². The van der Waals surface area contributed by atoms with Gasteiger partial charge in [-0.25, -0.2) is 18.1 Å². The molecule has 2 aromatic heterocycles. The van der Waals surface area contributed by atoms with Crippen LogP contribution < -0.4 is 10.5 Å². The quantitative estimate of drug-likeness (QED) is 0.558. The van der Waals surface area contributed by atoms with Crippen molar-refractivity contribution in [1.29, 1.82) is 0 Å². The molecular formula is C8H12N6O2S. The molecule has 0 amide bonds. The molecule has 0 unspecified atom stereocenters. The largest absolute Gasteiger partial charge is 0.383 e. The highest BCUT2D eigenvalue weighted by molar-refractivity contribution is 7.89. The standard InChI is InChI=1S/C8H12N6O2S/c9-8-6(5-12-14-8)17(15,16)13-2-1-7-10-3-4-11-7/h3-5,13H,1-2H2,(H,10,11)(H3,9,12,14). The molecule has 2 rings (SSSR count). The third kappa shape index (κ3) is 2.63. The SMILES string of the molecule is Nc1[nH]ncc1S(=O)(=O)NCCc1ncc[nH]1. The Bertz CT molecular complexity index is 573. The number of anilines is 1. The van der Waals surface area contributed by atoms with Gasteiger partial charge in [0.2, 0.25) is 10.0 Å². The maximum atomic E-state index is 11.8. The lowest BCUT2D eigenvalue weighted by Gasteiger charge is -2.04. The van der Waals surface area contributed by atoms with Crippen LogP contribution in [0.15, 0.2) is 23.5 Å². The molecule has 0 radical (unpaired) electrons. The van der Waals surface area contributed by atoms with E-state index in [0.717, 1.165) is 0 Å². The first-order valence-electron chi connectivity index (χ1n) is 4.86. The van der Waals surface area contributed by atoms with E-state index in [1.54, 1.807) is 12.4 Å². The normalized spacial score (nSPS) is 11.8. The Labute approximate surface area is 97.7 Å². The number of nitrogen functional groups attached to an aromatic ring is 1. The third-order valence-electron chi connectivity index (χ3n) is 2.13. The Morgan fingerprint density at radius 2 is 2.29 bits per heavy atom. The molecule has 0 aromatic carbocycles. The second kappa shape index (κ2) is 4.55. The lowest BCUT2D eigenvalue weighted by molar-refractivity contribution is 0.581. The van der Waals surface area contributed by atoms with Crippen molar-refractivity contribution in [3.8, 4) is 0 Å². The minimum atomic E-state index is -3.61. The molecule has 8 nitrogen and oxygen atoms in total. The molecule has 5 N–H and O–H groups in total. The maximum Gasteiger partial charge on any atom is 0.245 e. The zero-order valence-electron chi connectivity index (χ0n) is 8.84. The molecule has 0 saturated carbocycles. The van der Waals surface area contributed by atoms with E-state index in [1.807, 2.05) is 0 Å². The summed E-state index contributed by atoms with van der Waals surface area (Å²) in [5.41, 5.74) is 5.44. The molecular weight excluding hydrogens is 244 g/mol. The fourth-order valence-corrected chi connectivity index (χ4v) is 2.37. The summed E-state index contributed by atoms with van der Waals surface area (Å²) in [4.78, 5) is 6.82. The van der Waals surface area contributed by atoms with Crippen molar-refractivity contribution in [2.24, 2.45) is 0 Å². The van der Waals surface area contributed by atoms with E-state index in [1.165, 1.54) is 6.20 Å². The Balaban J connectivity index is 1.97. The number of sulfonamides is 1. The first kappa shape index (κ1) is 11.6. The van der Waals surface area contributed by atoms with Crippen molar-refractivity contribution in [1.82, 2.24) is 24.9 Å². The van der Waals surface area contributed by atoms with E-state index >= 15 is 0 Å². The van der Waals surface area contributed by atoms with Gasteiger partial charge >= 0.3 is 0 Å². The first-order valence-corrected chi connectivity index (χ1v) is 6.34. The Hall–Kier alpha value is -1.87. The van der Waals surface area contributed by atoms with Gasteiger partial charge in [0.05, 0.1) is 6.20 Å². The second-order valence-corrected chi connectivity index (χ2v) is 5.07. The average Bonchev–Trinajstić information content (AvgIpc) is 2.88. The molecule has 0 aliphatic rings. The van der Waals surface area contributed by atoms with Gasteiger partial charge in [0.25, 0.3) is 0 Å². The van der Waals surface area contributed by atoms with Crippen molar-refractivity contribution >= 4 is 15.8 Å². The van der Waals surface area contributed by atoms with Crippen molar-refractivity contribution in [3.05, 3.63) is 24.4 Å². The van der Waals surface area contributed by atoms with Gasteiger partial charge in [-0.15, -0.1) is 0 Å². The summed E-state index contributed by atoms with van der Waals surface area (Å²) in [5.74, 6) is 0.739. The lowest BCUT2D eigenvalue weighted by atomic mass is 10.4. The Morgan fingerprint density at radius 1 is 1.47 bits per heavy atom. The molecule has 2 aromatic rings. The van der Waals surface area contributed by atoms with Crippen molar-refractivity contribution in [3.63, 3.8) is 0 Å². The molecule has 9 heteroatoms. The van der Waals surface area contributed by atoms with Gasteiger partial charge < -0.3 is 10.7 Å². The predicted octanol–water partition coefficient (Wildman–Crippen LogP) is -0.764. The number of H-pyrrole nitrogens is 2. The fourth-order valence-electron chi connectivity index (χ4n) is 1.32. The lowest BCUT2D eigenvalue weighted by Crippen LogP contribution is -2.26. The number of hydrogen-bond donors (Lipinski definition) is 4. The van der Waals surface area contributed by atoms with Crippen LogP contribution in [0.5, 0.6) is 0 Å². The summed E-state index contributed by atoms with van der Waals surface area (Å²) in [7, 11) is -3.61. The second-order valence-electron chi connectivity index (χ2n) is 3.33. The van der Waals surface area contributed by atoms with Gasteiger partial charge in [-0.3, -0.25) is 5.10 Å². The van der Waals surface area contributed by atoms with Crippen LogP contribution in [0, 0.1) is 0 Å². The van der Waals surface area contributed by atoms with Gasteiger partial charge in [-0.2, -0.15) is 5.10 Å². The molecule has 0 bridgehead atoms. The molecule has 0 spiro atoms. The highest BCUT2D eigenvalue weighted by Gasteiger charge is 2.18. The molecule has 0 aliphatic carbocycles. The summed E-state index contributed by atoms with van der Waals surface area (Å²) in [6, 6.07) is 0. The summed E-state index contributed by atoms with van der Waals surface area (Å²) < 4.78 is 25.9. The number of aromatic nitrogens is 4. The predicted molar refractivity (Wildman–Crippen MR) is 60.5 cm³/mol. The number of rotatable bonds is 5. The number of nitrogens with two attached hydrogens (primary N) is 1. The number of nitrogens with zero attached hydrogens (tertiary/aromatic N) is 2. The van der Waals surface area contributed by atoms with Crippen LogP contribution in [0.4, 0.5) is 5.82 Å². The highest BCUT2D eigenvalue weighted by atomic mass is 32.2. The van der Waals surface area contributed by atoms with E-state index in [9.17, 15) is 8.42 Å². The van der Waals surface area contributed by atoms with Crippen LogP contribution in [0.1, 0.15) is 5.82 Å². The van der Waals surface area contributed by atoms with E-state index in [2.05, 4.69) is 24.9 Å². The smallest absolute Gasteiger partial charge is 0.245 e. The van der Waals surface area contributed by atoms with Crippen LogP contribution in [0.3, 0.4) is 0 Å². The van der Waals surface area contributed by atoms with Gasteiger partial charge in [0, 0.05) is 25.4 Å².